The van der Waals surface area contributed by atoms with Crippen molar-refractivity contribution in [2.24, 2.45) is 0 Å². The van der Waals surface area contributed by atoms with Crippen molar-refractivity contribution in [3.63, 3.8) is 0 Å². The number of carbonyl (C=O) groups is 1. The molecule has 0 atom stereocenters. The maximum Gasteiger partial charge on any atom is 0.190 e. The molecule has 0 bridgehead atoms. The highest BCUT2D eigenvalue weighted by molar-refractivity contribution is 6.16. The molecule has 20 heavy (non-hydrogen) atoms. The minimum atomic E-state index is -0.954. The van der Waals surface area contributed by atoms with Gasteiger partial charge < -0.3 is 14.8 Å². The molecule has 0 aliphatic rings. The SMILES string of the molecule is C=C(C)C(=O)c1c[nH]c2nccc(OCC(C)(C)O)c12. The number of rotatable bonds is 5. The second kappa shape index (κ2) is 5.09. The monoisotopic (exact) mass is 274 g/mol. The number of Topliss-reactive ketones (excluding diaryl/α,β-unsaturated/α-hetero) is 1. The first-order valence-corrected chi connectivity index (χ1v) is 6.31. The lowest BCUT2D eigenvalue weighted by Gasteiger charge is -2.18. The summed E-state index contributed by atoms with van der Waals surface area (Å²) >= 11 is 0. The fourth-order valence-corrected chi connectivity index (χ4v) is 1.81. The second-order valence-corrected chi connectivity index (χ2v) is 5.45. The summed E-state index contributed by atoms with van der Waals surface area (Å²) in [4.78, 5) is 19.2. The summed E-state index contributed by atoms with van der Waals surface area (Å²) < 4.78 is 5.62. The summed E-state index contributed by atoms with van der Waals surface area (Å²) in [5.41, 5.74) is 0.544. The number of carbonyl (C=O) groups excluding carboxylic acids is 1. The van der Waals surface area contributed by atoms with Gasteiger partial charge in [-0.2, -0.15) is 0 Å². The number of nitrogens with one attached hydrogen (secondary N) is 1. The maximum absolute atomic E-state index is 12.1. The smallest absolute Gasteiger partial charge is 0.190 e. The number of H-pyrrole nitrogens is 1. The molecular weight excluding hydrogens is 256 g/mol. The third-order valence-corrected chi connectivity index (χ3v) is 2.75. The second-order valence-electron chi connectivity index (χ2n) is 5.45. The summed E-state index contributed by atoms with van der Waals surface area (Å²) in [5, 5.41) is 10.4. The molecular formula is C15H18N2O3. The van der Waals surface area contributed by atoms with Crippen molar-refractivity contribution >= 4 is 16.8 Å². The molecule has 2 aromatic rings. The van der Waals surface area contributed by atoms with Crippen molar-refractivity contribution < 1.29 is 14.6 Å². The van der Waals surface area contributed by atoms with E-state index in [1.54, 1.807) is 39.2 Å². The summed E-state index contributed by atoms with van der Waals surface area (Å²) in [5.74, 6) is 0.361. The first-order chi connectivity index (χ1) is 9.29. The molecule has 5 heteroatoms. The number of ketones is 1. The number of aromatic amines is 1. The van der Waals surface area contributed by atoms with E-state index >= 15 is 0 Å². The minimum absolute atomic E-state index is 0.123. The van der Waals surface area contributed by atoms with Gasteiger partial charge in [-0.25, -0.2) is 4.98 Å². The van der Waals surface area contributed by atoms with E-state index in [0.29, 0.717) is 27.9 Å². The third kappa shape index (κ3) is 2.88. The van der Waals surface area contributed by atoms with Crippen LogP contribution in [0.2, 0.25) is 0 Å². The first-order valence-electron chi connectivity index (χ1n) is 6.31. The minimum Gasteiger partial charge on any atom is -0.490 e. The lowest BCUT2D eigenvalue weighted by Crippen LogP contribution is -2.27. The molecule has 0 saturated heterocycles. The Morgan fingerprint density at radius 2 is 2.25 bits per heavy atom. The van der Waals surface area contributed by atoms with E-state index in [1.807, 2.05) is 0 Å². The Bertz CT molecular complexity index is 665. The largest absolute Gasteiger partial charge is 0.490 e. The summed E-state index contributed by atoms with van der Waals surface area (Å²) in [6.45, 7) is 8.76. The summed E-state index contributed by atoms with van der Waals surface area (Å²) in [7, 11) is 0. The van der Waals surface area contributed by atoms with Crippen LogP contribution in [0.15, 0.2) is 30.6 Å². The average Bonchev–Trinajstić information content (AvgIpc) is 2.78. The van der Waals surface area contributed by atoms with Gasteiger partial charge in [-0.3, -0.25) is 4.79 Å². The fourth-order valence-electron chi connectivity index (χ4n) is 1.81. The van der Waals surface area contributed by atoms with E-state index in [9.17, 15) is 9.90 Å². The Balaban J connectivity index is 2.47. The van der Waals surface area contributed by atoms with Crippen LogP contribution in [-0.2, 0) is 0 Å². The van der Waals surface area contributed by atoms with Gasteiger partial charge in [-0.15, -0.1) is 0 Å². The van der Waals surface area contributed by atoms with E-state index < -0.39 is 5.60 Å². The Morgan fingerprint density at radius 3 is 2.85 bits per heavy atom. The van der Waals surface area contributed by atoms with Crippen molar-refractivity contribution in [1.82, 2.24) is 9.97 Å². The zero-order chi connectivity index (χ0) is 14.9. The van der Waals surface area contributed by atoms with E-state index in [0.717, 1.165) is 0 Å². The fraction of sp³-hybridized carbons (Fsp3) is 0.333. The van der Waals surface area contributed by atoms with Crippen LogP contribution in [-0.4, -0.2) is 33.1 Å². The Hall–Kier alpha value is -2.14. The standard InChI is InChI=1S/C15H18N2O3/c1-9(2)13(18)10-7-17-14-12(10)11(5-6-16-14)20-8-15(3,4)19/h5-7,19H,1,8H2,2-4H3,(H,16,17). The molecule has 2 N–H and O–H groups in total. The summed E-state index contributed by atoms with van der Waals surface area (Å²) in [6.07, 6.45) is 3.19. The number of allylic oxidation sites excluding steroid dienone is 1. The van der Waals surface area contributed by atoms with Crippen molar-refractivity contribution in [2.75, 3.05) is 6.61 Å². The van der Waals surface area contributed by atoms with Crippen LogP contribution in [0.4, 0.5) is 0 Å². The lowest BCUT2D eigenvalue weighted by molar-refractivity contribution is 0.0290. The molecule has 0 radical (unpaired) electrons. The molecule has 2 heterocycles. The predicted octanol–water partition coefficient (Wildman–Crippen LogP) is 2.47. The number of ether oxygens (including phenoxy) is 1. The normalized spacial score (nSPS) is 11.6. The van der Waals surface area contributed by atoms with Gasteiger partial charge in [0, 0.05) is 12.4 Å². The maximum atomic E-state index is 12.1. The van der Waals surface area contributed by atoms with Gasteiger partial charge in [0.05, 0.1) is 16.6 Å². The molecule has 2 aromatic heterocycles. The van der Waals surface area contributed by atoms with Gasteiger partial charge in [0.1, 0.15) is 18.0 Å². The van der Waals surface area contributed by atoms with Crippen molar-refractivity contribution in [2.45, 2.75) is 26.4 Å². The molecule has 0 aliphatic heterocycles. The van der Waals surface area contributed by atoms with Crippen LogP contribution >= 0.6 is 0 Å². The van der Waals surface area contributed by atoms with Gasteiger partial charge >= 0.3 is 0 Å². The Kier molecular flexibility index (Phi) is 3.63. The highest BCUT2D eigenvalue weighted by atomic mass is 16.5. The molecule has 0 aliphatic carbocycles. The van der Waals surface area contributed by atoms with Crippen LogP contribution in [0.3, 0.4) is 0 Å². The molecule has 0 spiro atoms. The summed E-state index contributed by atoms with van der Waals surface area (Å²) in [6, 6.07) is 1.68. The highest BCUT2D eigenvalue weighted by Crippen LogP contribution is 2.29. The molecule has 5 nitrogen and oxygen atoms in total. The quantitative estimate of drug-likeness (QED) is 0.648. The van der Waals surface area contributed by atoms with Gasteiger partial charge in [-0.1, -0.05) is 6.58 Å². The Labute approximate surface area is 117 Å². The van der Waals surface area contributed by atoms with Crippen LogP contribution in [0.1, 0.15) is 31.1 Å². The van der Waals surface area contributed by atoms with Crippen LogP contribution in [0.5, 0.6) is 5.75 Å². The number of pyridine rings is 1. The van der Waals surface area contributed by atoms with Gasteiger partial charge in [-0.05, 0) is 32.4 Å². The third-order valence-electron chi connectivity index (χ3n) is 2.75. The molecule has 106 valence electrons. The molecule has 0 aromatic carbocycles. The average molecular weight is 274 g/mol. The number of aromatic nitrogens is 2. The molecule has 0 fully saturated rings. The number of nitrogens with zero attached hydrogens (tertiary/aromatic N) is 1. The lowest BCUT2D eigenvalue weighted by atomic mass is 10.1. The predicted molar refractivity (Wildman–Crippen MR) is 77.0 cm³/mol. The highest BCUT2D eigenvalue weighted by Gasteiger charge is 2.19. The molecule has 0 unspecified atom stereocenters. The van der Waals surface area contributed by atoms with Gasteiger partial charge in [0.15, 0.2) is 5.78 Å². The molecule has 0 saturated carbocycles. The van der Waals surface area contributed by atoms with E-state index in [4.69, 9.17) is 4.74 Å². The topological polar surface area (TPSA) is 75.2 Å². The zero-order valence-corrected chi connectivity index (χ0v) is 11.9. The number of fused-ring (bicyclic) bond motifs is 1. The van der Waals surface area contributed by atoms with Crippen molar-refractivity contribution in [3.05, 3.63) is 36.2 Å². The Morgan fingerprint density at radius 1 is 1.55 bits per heavy atom. The number of hydrogen-bond acceptors (Lipinski definition) is 4. The van der Waals surface area contributed by atoms with Gasteiger partial charge in [0.2, 0.25) is 0 Å². The van der Waals surface area contributed by atoms with E-state index in [2.05, 4.69) is 16.5 Å². The van der Waals surface area contributed by atoms with E-state index in [1.165, 1.54) is 0 Å². The van der Waals surface area contributed by atoms with Crippen LogP contribution in [0, 0.1) is 0 Å². The van der Waals surface area contributed by atoms with E-state index in [-0.39, 0.29) is 12.4 Å². The molecule has 2 rings (SSSR count). The van der Waals surface area contributed by atoms with Crippen LogP contribution in [0.25, 0.3) is 11.0 Å². The first kappa shape index (κ1) is 14.3. The number of hydrogen-bond donors (Lipinski definition) is 2. The zero-order valence-electron chi connectivity index (χ0n) is 11.9. The van der Waals surface area contributed by atoms with Crippen molar-refractivity contribution in [1.29, 1.82) is 0 Å². The number of aliphatic hydroxyl groups is 1. The van der Waals surface area contributed by atoms with Crippen molar-refractivity contribution in [3.8, 4) is 5.75 Å². The van der Waals surface area contributed by atoms with Crippen LogP contribution < -0.4 is 4.74 Å². The van der Waals surface area contributed by atoms with Gasteiger partial charge in [0.25, 0.3) is 0 Å². The molecule has 0 amide bonds.